The van der Waals surface area contributed by atoms with E-state index in [2.05, 4.69) is 0 Å². The number of benzene rings is 1. The molecule has 1 aliphatic carbocycles. The number of ether oxygens (including phenoxy) is 1. The summed E-state index contributed by atoms with van der Waals surface area (Å²) in [7, 11) is -3.99. The smallest absolute Gasteiger partial charge is 0.260 e. The van der Waals surface area contributed by atoms with Crippen LogP contribution in [0, 0.1) is 29.4 Å². The number of alkyl halides is 2. The Hall–Kier alpha value is -1.35. The van der Waals surface area contributed by atoms with Gasteiger partial charge in [0.2, 0.25) is 0 Å². The van der Waals surface area contributed by atoms with Gasteiger partial charge in [-0.1, -0.05) is 6.92 Å². The second-order valence-corrected chi connectivity index (χ2v) is 10.6. The third-order valence-corrected chi connectivity index (χ3v) is 7.42. The summed E-state index contributed by atoms with van der Waals surface area (Å²) < 4.78 is 83.2. The first-order valence-corrected chi connectivity index (χ1v) is 12.3. The van der Waals surface area contributed by atoms with Crippen LogP contribution in [0.5, 0.6) is 5.75 Å². The zero-order valence-electron chi connectivity index (χ0n) is 17.3. The molecule has 1 aromatic rings. The zero-order valence-corrected chi connectivity index (χ0v) is 18.2. The zero-order chi connectivity index (χ0) is 22.1. The maximum Gasteiger partial charge on any atom is 0.260 e. The molecule has 0 radical (unpaired) electrons. The van der Waals surface area contributed by atoms with Crippen molar-refractivity contribution >= 4 is 9.84 Å². The minimum atomic E-state index is -3.99. The van der Waals surface area contributed by atoms with E-state index < -0.39 is 32.3 Å². The molecular weight excluding hydrogens is 422 g/mol. The molecule has 9 heteroatoms. The predicted octanol–water partition coefficient (Wildman–Crippen LogP) is 4.53. The Kier molecular flexibility index (Phi) is 7.01. The van der Waals surface area contributed by atoms with E-state index in [0.717, 1.165) is 44.1 Å². The first kappa shape index (κ1) is 23.3. The molecule has 1 saturated heterocycles. The van der Waals surface area contributed by atoms with Crippen LogP contribution in [0.1, 0.15) is 39.0 Å². The van der Waals surface area contributed by atoms with Crippen molar-refractivity contribution in [2.24, 2.45) is 17.8 Å². The molecule has 170 valence electrons. The molecule has 1 aliphatic heterocycles. The molecule has 0 N–H and O–H groups in total. The highest BCUT2D eigenvalue weighted by molar-refractivity contribution is 7.90. The molecule has 3 rings (SSSR count). The average molecular weight is 452 g/mol. The van der Waals surface area contributed by atoms with E-state index in [9.17, 15) is 26.0 Å². The molecule has 0 aromatic heterocycles. The van der Waals surface area contributed by atoms with E-state index in [1.54, 1.807) is 0 Å². The number of sulfone groups is 1. The van der Waals surface area contributed by atoms with Crippen molar-refractivity contribution in [1.29, 1.82) is 0 Å². The fraction of sp³-hybridized carbons (Fsp3) is 0.714. The maximum absolute atomic E-state index is 13.9. The van der Waals surface area contributed by atoms with E-state index >= 15 is 0 Å². The van der Waals surface area contributed by atoms with Gasteiger partial charge < -0.3 is 4.74 Å². The number of piperidine rings is 1. The summed E-state index contributed by atoms with van der Waals surface area (Å²) >= 11 is 0. The number of hydrogen-bond acceptors (Lipinski definition) is 4. The van der Waals surface area contributed by atoms with E-state index in [0.29, 0.717) is 37.5 Å². The molecule has 2 aliphatic rings. The lowest BCUT2D eigenvalue weighted by Crippen LogP contribution is -2.41. The summed E-state index contributed by atoms with van der Waals surface area (Å²) in [6.45, 7) is 3.03. The Morgan fingerprint density at radius 1 is 1.17 bits per heavy atom. The van der Waals surface area contributed by atoms with E-state index in [-0.39, 0.29) is 18.7 Å². The first-order valence-electron chi connectivity index (χ1n) is 10.4. The van der Waals surface area contributed by atoms with Crippen molar-refractivity contribution < 1.29 is 30.7 Å². The molecule has 0 amide bonds. The average Bonchev–Trinajstić information content (AvgIpc) is 3.40. The highest BCUT2D eigenvalue weighted by atomic mass is 32.2. The van der Waals surface area contributed by atoms with Crippen molar-refractivity contribution in [3.8, 4) is 5.75 Å². The monoisotopic (exact) mass is 451 g/mol. The molecule has 0 unspecified atom stereocenters. The molecule has 1 aromatic carbocycles. The minimum absolute atomic E-state index is 0.0280. The van der Waals surface area contributed by atoms with Gasteiger partial charge in [-0.25, -0.2) is 26.0 Å². The van der Waals surface area contributed by atoms with Crippen molar-refractivity contribution in [3.05, 3.63) is 23.8 Å². The lowest BCUT2D eigenvalue weighted by atomic mass is 9.90. The van der Waals surface area contributed by atoms with Gasteiger partial charge in [-0.15, -0.1) is 0 Å². The van der Waals surface area contributed by atoms with Crippen LogP contribution in [0.3, 0.4) is 0 Å². The number of hydrogen-bond donors (Lipinski definition) is 0. The first-order chi connectivity index (χ1) is 14.0. The van der Waals surface area contributed by atoms with Crippen LogP contribution in [-0.2, 0) is 9.84 Å². The molecule has 2 atom stereocenters. The lowest BCUT2D eigenvalue weighted by molar-refractivity contribution is -0.0424. The van der Waals surface area contributed by atoms with Gasteiger partial charge in [0.15, 0.2) is 9.84 Å². The molecule has 4 nitrogen and oxygen atoms in total. The fourth-order valence-corrected chi connectivity index (χ4v) is 5.29. The largest absolute Gasteiger partial charge is 0.493 e. The summed E-state index contributed by atoms with van der Waals surface area (Å²) in [5.74, 6) is -3.39. The Bertz CT molecular complexity index is 831. The van der Waals surface area contributed by atoms with Crippen molar-refractivity contribution in [3.63, 3.8) is 0 Å². The predicted molar refractivity (Wildman–Crippen MR) is 106 cm³/mol. The Balaban J connectivity index is 1.41. The Morgan fingerprint density at radius 2 is 1.77 bits per heavy atom. The second kappa shape index (κ2) is 9.02. The Labute approximate surface area is 175 Å². The number of likely N-dealkylation sites (tertiary alicyclic amines) is 1. The number of nitrogens with zero attached hydrogens (tertiary/aromatic N) is 1. The summed E-state index contributed by atoms with van der Waals surface area (Å²) in [5, 5.41) is 0. The van der Waals surface area contributed by atoms with Crippen molar-refractivity contribution in [1.82, 2.24) is 4.90 Å². The normalized spacial score (nSPS) is 23.5. The standard InChI is InChI=1S/C21H29F4NO3S/c1-3-21(24,25)13-26-7-4-14(5-8-26)17-10-15(17)6-9-29-16-11-18(22)20(19(23)12-16)30(2,27)28/h11-12,14-15,17H,3-10,13H2,1-2H3/t15-,17-/m1/s1. The second-order valence-electron chi connectivity index (χ2n) is 8.61. The van der Waals surface area contributed by atoms with Crippen LogP contribution in [0.2, 0.25) is 0 Å². The summed E-state index contributed by atoms with van der Waals surface area (Å²) in [6.07, 6.45) is 4.27. The third-order valence-electron chi connectivity index (χ3n) is 6.29. The lowest BCUT2D eigenvalue weighted by Gasteiger charge is -2.34. The molecule has 0 spiro atoms. The summed E-state index contributed by atoms with van der Waals surface area (Å²) in [4.78, 5) is 0.907. The van der Waals surface area contributed by atoms with Crippen LogP contribution in [0.4, 0.5) is 17.6 Å². The summed E-state index contributed by atoms with van der Waals surface area (Å²) in [5.41, 5.74) is 0. The highest BCUT2D eigenvalue weighted by Crippen LogP contribution is 2.49. The van der Waals surface area contributed by atoms with Gasteiger partial charge in [-0.2, -0.15) is 0 Å². The van der Waals surface area contributed by atoms with Gasteiger partial charge >= 0.3 is 0 Å². The van der Waals surface area contributed by atoms with E-state index in [4.69, 9.17) is 4.74 Å². The molecule has 0 bridgehead atoms. The minimum Gasteiger partial charge on any atom is -0.493 e. The van der Waals surface area contributed by atoms with Gasteiger partial charge in [-0.05, 0) is 56.5 Å². The van der Waals surface area contributed by atoms with Gasteiger partial charge in [0.25, 0.3) is 5.92 Å². The van der Waals surface area contributed by atoms with Crippen LogP contribution < -0.4 is 4.74 Å². The topological polar surface area (TPSA) is 46.6 Å². The highest BCUT2D eigenvalue weighted by Gasteiger charge is 2.43. The molecule has 30 heavy (non-hydrogen) atoms. The van der Waals surface area contributed by atoms with Crippen LogP contribution in [0.15, 0.2) is 17.0 Å². The molecule has 2 fully saturated rings. The summed E-state index contributed by atoms with van der Waals surface area (Å²) in [6, 6.07) is 1.79. The van der Waals surface area contributed by atoms with Gasteiger partial charge in [0, 0.05) is 24.8 Å². The van der Waals surface area contributed by atoms with Crippen molar-refractivity contribution in [2.45, 2.75) is 49.8 Å². The van der Waals surface area contributed by atoms with Gasteiger partial charge in [0.1, 0.15) is 22.3 Å². The third kappa shape index (κ3) is 5.87. The molecular formula is C21H29F4NO3S. The van der Waals surface area contributed by atoms with Crippen LogP contribution in [0.25, 0.3) is 0 Å². The molecule has 1 heterocycles. The molecule has 1 saturated carbocycles. The van der Waals surface area contributed by atoms with E-state index in [1.807, 2.05) is 4.90 Å². The SMILES string of the molecule is CCC(F)(F)CN1CCC([C@H]2C[C@H]2CCOc2cc(F)c(S(C)(=O)=O)c(F)c2)CC1. The number of halogens is 4. The van der Waals surface area contributed by atoms with Crippen LogP contribution in [-0.4, -0.2) is 51.7 Å². The van der Waals surface area contributed by atoms with Gasteiger partial charge in [0.05, 0.1) is 13.2 Å². The maximum atomic E-state index is 13.9. The van der Waals surface area contributed by atoms with Gasteiger partial charge in [-0.3, -0.25) is 4.90 Å². The van der Waals surface area contributed by atoms with Crippen molar-refractivity contribution in [2.75, 3.05) is 32.5 Å². The number of rotatable bonds is 9. The quantitative estimate of drug-likeness (QED) is 0.518. The Morgan fingerprint density at radius 3 is 2.30 bits per heavy atom. The fourth-order valence-electron chi connectivity index (χ4n) is 4.46. The van der Waals surface area contributed by atoms with E-state index in [1.165, 1.54) is 6.92 Å². The van der Waals surface area contributed by atoms with Crippen LogP contribution >= 0.6 is 0 Å².